The molecule has 3 atom stereocenters. The first-order chi connectivity index (χ1) is 29.4. The Bertz CT molecular complexity index is 1920. The van der Waals surface area contributed by atoms with Crippen molar-refractivity contribution in [1.82, 2.24) is 0 Å². The number of phenolic OH excluding ortho intramolecular Hbond substituents is 3. The Balaban J connectivity index is 2.01. The number of methoxy groups -OCH3 is 8. The van der Waals surface area contributed by atoms with E-state index in [4.69, 9.17) is 37.9 Å². The van der Waals surface area contributed by atoms with E-state index in [1.54, 1.807) is 56.9 Å². The summed E-state index contributed by atoms with van der Waals surface area (Å²) >= 11 is 0. The molecular weight excluding hydrogens is 781 g/mol. The first-order valence-corrected chi connectivity index (χ1v) is 20.0. The Hall–Kier alpha value is -4.60. The zero-order valence-corrected chi connectivity index (χ0v) is 37.1. The summed E-state index contributed by atoms with van der Waals surface area (Å²) in [4.78, 5) is 0. The maximum absolute atomic E-state index is 11.4. The quantitative estimate of drug-likeness (QED) is 0.0651. The molecule has 0 spiro atoms. The van der Waals surface area contributed by atoms with Crippen molar-refractivity contribution in [3.8, 4) is 17.2 Å². The van der Waals surface area contributed by atoms with E-state index < -0.39 is 17.9 Å². The second-order valence-corrected chi connectivity index (χ2v) is 15.1. The Morgan fingerprint density at radius 2 is 0.918 bits per heavy atom. The molecule has 12 heteroatoms. The van der Waals surface area contributed by atoms with Gasteiger partial charge in [0.15, 0.2) is 0 Å². The third-order valence-corrected chi connectivity index (χ3v) is 10.7. The zero-order chi connectivity index (χ0) is 44.6. The first-order valence-electron chi connectivity index (χ1n) is 20.0. The summed E-state index contributed by atoms with van der Waals surface area (Å²) in [7, 11) is 12.7. The van der Waals surface area contributed by atoms with Gasteiger partial charge in [0.25, 0.3) is 0 Å². The number of benzene rings is 3. The van der Waals surface area contributed by atoms with E-state index in [2.05, 4.69) is 6.58 Å². The van der Waals surface area contributed by atoms with Gasteiger partial charge in [0.2, 0.25) is 0 Å². The summed E-state index contributed by atoms with van der Waals surface area (Å²) in [6.07, 6.45) is 9.19. The van der Waals surface area contributed by atoms with Crippen LogP contribution in [0.5, 0.6) is 17.2 Å². The van der Waals surface area contributed by atoms with Gasteiger partial charge in [-0.3, -0.25) is 0 Å². The van der Waals surface area contributed by atoms with Crippen LogP contribution >= 0.6 is 0 Å². The molecule has 0 amide bonds. The Morgan fingerprint density at radius 3 is 1.25 bits per heavy atom. The molecule has 0 saturated heterocycles. The van der Waals surface area contributed by atoms with Gasteiger partial charge in [0.05, 0.1) is 59.0 Å². The highest BCUT2D eigenvalue weighted by Crippen LogP contribution is 2.43. The van der Waals surface area contributed by atoms with Crippen LogP contribution in [0.3, 0.4) is 0 Å². The number of aliphatic hydroxyl groups is 1. The van der Waals surface area contributed by atoms with E-state index in [9.17, 15) is 20.4 Å². The minimum Gasteiger partial charge on any atom is -0.507 e. The molecule has 0 aromatic heterocycles. The van der Waals surface area contributed by atoms with Crippen molar-refractivity contribution < 1.29 is 58.3 Å². The molecule has 1 aliphatic carbocycles. The van der Waals surface area contributed by atoms with Crippen molar-refractivity contribution in [2.75, 3.05) is 70.1 Å². The standard InChI is InChI=1S/C49H64O12/c1-11-31(45(34-18-40(26-58-7)48(52)41(19-34)27-59-8)35-20-42(28-60-9)49(53)43(21-35)29-61-10)13-12-30(2)44(32-14-36(22-54-3)46(50)37(15-32)23-55-4)33-16-38(24-56-5)47(51)39(17-33)25-57-6/h11-21,36,44-46,50-53H,2,22-29H2,1,3-10H3/b13-12-,31-11+. The van der Waals surface area contributed by atoms with Crippen LogP contribution in [0.1, 0.15) is 68.8 Å². The minimum absolute atomic E-state index is 0.0940. The minimum atomic E-state index is -0.816. The molecule has 332 valence electrons. The Labute approximate surface area is 360 Å². The van der Waals surface area contributed by atoms with Crippen LogP contribution in [0, 0.1) is 5.92 Å². The SMILES string of the molecule is C=C(/C=C\C(=C/C)C(c1cc(COC)c(O)c(COC)c1)c1cc(COC)c(O)c(COC)c1)C(C1=CC(COC)C(O)C(COC)=C1)c1cc(COC)c(O)c(COC)c1. The van der Waals surface area contributed by atoms with Crippen molar-refractivity contribution in [2.24, 2.45) is 5.92 Å². The highest BCUT2D eigenvalue weighted by atomic mass is 16.5. The van der Waals surface area contributed by atoms with E-state index in [1.807, 2.05) is 73.7 Å². The van der Waals surface area contributed by atoms with Crippen molar-refractivity contribution >= 4 is 0 Å². The van der Waals surface area contributed by atoms with E-state index in [-0.39, 0.29) is 76.0 Å². The van der Waals surface area contributed by atoms with Crippen molar-refractivity contribution in [2.45, 2.75) is 64.5 Å². The molecule has 3 aromatic rings. The van der Waals surface area contributed by atoms with Gasteiger partial charge < -0.3 is 58.3 Å². The van der Waals surface area contributed by atoms with Gasteiger partial charge in [-0.15, -0.1) is 0 Å². The lowest BCUT2D eigenvalue weighted by Crippen LogP contribution is -2.30. The highest BCUT2D eigenvalue weighted by Gasteiger charge is 2.31. The molecule has 1 aliphatic rings. The molecule has 3 aromatic carbocycles. The molecule has 0 aliphatic heterocycles. The monoisotopic (exact) mass is 844 g/mol. The molecule has 0 bridgehead atoms. The zero-order valence-electron chi connectivity index (χ0n) is 37.1. The van der Waals surface area contributed by atoms with Gasteiger partial charge in [-0.2, -0.15) is 0 Å². The second-order valence-electron chi connectivity index (χ2n) is 15.1. The number of ether oxygens (including phenoxy) is 8. The van der Waals surface area contributed by atoms with Gasteiger partial charge in [-0.1, -0.05) is 37.0 Å². The van der Waals surface area contributed by atoms with Crippen LogP contribution in [0.4, 0.5) is 0 Å². The normalized spacial score (nSPS) is 16.3. The first kappa shape index (κ1) is 49.1. The third kappa shape index (κ3) is 12.1. The fraction of sp³-hybridized carbons (Fsp3) is 0.429. The summed E-state index contributed by atoms with van der Waals surface area (Å²) < 4.78 is 44.2. The molecule has 0 radical (unpaired) electrons. The number of aliphatic hydroxyl groups excluding tert-OH is 1. The predicted molar refractivity (Wildman–Crippen MR) is 235 cm³/mol. The number of hydrogen-bond acceptors (Lipinski definition) is 12. The number of hydrogen-bond donors (Lipinski definition) is 4. The smallest absolute Gasteiger partial charge is 0.126 e. The van der Waals surface area contributed by atoms with E-state index in [1.165, 1.54) is 0 Å². The van der Waals surface area contributed by atoms with Crippen molar-refractivity contribution in [3.05, 3.63) is 146 Å². The van der Waals surface area contributed by atoms with Crippen molar-refractivity contribution in [1.29, 1.82) is 0 Å². The van der Waals surface area contributed by atoms with Crippen LogP contribution in [0.2, 0.25) is 0 Å². The molecule has 4 N–H and O–H groups in total. The molecule has 12 nitrogen and oxygen atoms in total. The Kier molecular flexibility index (Phi) is 19.4. The third-order valence-electron chi connectivity index (χ3n) is 10.7. The molecule has 0 fully saturated rings. The second kappa shape index (κ2) is 24.1. The van der Waals surface area contributed by atoms with Crippen LogP contribution < -0.4 is 0 Å². The average molecular weight is 845 g/mol. The van der Waals surface area contributed by atoms with Crippen LogP contribution in [-0.4, -0.2) is 96.6 Å². The van der Waals surface area contributed by atoms with Gasteiger partial charge in [-0.05, 0) is 82.3 Å². The molecular formula is C49H64O12. The maximum atomic E-state index is 11.4. The fourth-order valence-electron chi connectivity index (χ4n) is 8.08. The van der Waals surface area contributed by atoms with Gasteiger partial charge in [0, 0.05) is 108 Å². The van der Waals surface area contributed by atoms with Crippen LogP contribution in [0.25, 0.3) is 0 Å². The van der Waals surface area contributed by atoms with E-state index in [0.717, 1.165) is 27.8 Å². The summed E-state index contributed by atoms with van der Waals surface area (Å²) in [6.45, 7) is 8.09. The lowest BCUT2D eigenvalue weighted by molar-refractivity contribution is 0.0780. The fourth-order valence-corrected chi connectivity index (χ4v) is 8.08. The van der Waals surface area contributed by atoms with Crippen LogP contribution in [-0.2, 0) is 77.5 Å². The highest BCUT2D eigenvalue weighted by molar-refractivity contribution is 5.57. The lowest BCUT2D eigenvalue weighted by Gasteiger charge is -2.31. The summed E-state index contributed by atoms with van der Waals surface area (Å²) in [5.41, 5.74) is 9.22. The predicted octanol–water partition coefficient (Wildman–Crippen LogP) is 7.79. The van der Waals surface area contributed by atoms with E-state index >= 15 is 0 Å². The van der Waals surface area contributed by atoms with Gasteiger partial charge >= 0.3 is 0 Å². The maximum Gasteiger partial charge on any atom is 0.126 e. The average Bonchev–Trinajstić information content (AvgIpc) is 3.23. The molecule has 3 unspecified atom stereocenters. The topological polar surface area (TPSA) is 155 Å². The van der Waals surface area contributed by atoms with Gasteiger partial charge in [0.1, 0.15) is 17.2 Å². The van der Waals surface area contributed by atoms with Crippen LogP contribution in [0.15, 0.2) is 95.6 Å². The number of rotatable bonds is 24. The van der Waals surface area contributed by atoms with Gasteiger partial charge in [-0.25, -0.2) is 0 Å². The molecule has 0 heterocycles. The van der Waals surface area contributed by atoms with Crippen molar-refractivity contribution in [3.63, 3.8) is 0 Å². The lowest BCUT2D eigenvalue weighted by atomic mass is 9.77. The Morgan fingerprint density at radius 1 is 0.557 bits per heavy atom. The molecule has 61 heavy (non-hydrogen) atoms. The molecule has 4 rings (SSSR count). The summed E-state index contributed by atoms with van der Waals surface area (Å²) in [5.74, 6) is -0.990. The largest absolute Gasteiger partial charge is 0.507 e. The summed E-state index contributed by atoms with van der Waals surface area (Å²) in [5, 5.41) is 45.1. The number of phenols is 3. The summed E-state index contributed by atoms with van der Waals surface area (Å²) in [6, 6.07) is 11.5. The number of allylic oxidation sites excluding steroid dienone is 7. The van der Waals surface area contributed by atoms with E-state index in [0.29, 0.717) is 44.5 Å². The number of aromatic hydroxyl groups is 3. The molecule has 0 saturated carbocycles.